The summed E-state index contributed by atoms with van der Waals surface area (Å²) in [5.74, 6) is 1.05. The lowest BCUT2D eigenvalue weighted by atomic mass is 10.1. The monoisotopic (exact) mass is 251 g/mol. The molecule has 1 aromatic carbocycles. The molecule has 0 atom stereocenters. The molecule has 0 heterocycles. The van der Waals surface area contributed by atoms with Crippen LogP contribution in [0.2, 0.25) is 0 Å². The molecule has 0 spiro atoms. The second-order valence-corrected chi connectivity index (χ2v) is 3.31. The molecule has 0 fully saturated rings. The molecule has 6 heteroatoms. The Morgan fingerprint density at radius 1 is 1.39 bits per heavy atom. The highest BCUT2D eigenvalue weighted by Gasteiger charge is 2.02. The summed E-state index contributed by atoms with van der Waals surface area (Å²) in [6.45, 7) is 0.169. The quantitative estimate of drug-likeness (QED) is 0.383. The Hall–Kier alpha value is -2.05. The molecule has 6 nitrogen and oxygen atoms in total. The van der Waals surface area contributed by atoms with Gasteiger partial charge in [-0.25, -0.2) is 5.43 Å². The molecule has 4 N–H and O–H groups in total. The van der Waals surface area contributed by atoms with Crippen LogP contribution in [-0.2, 0) is 4.79 Å². The number of hydrogen-bond acceptors (Lipinski definition) is 5. The number of benzene rings is 1. The van der Waals surface area contributed by atoms with Gasteiger partial charge in [0, 0.05) is 11.6 Å². The van der Waals surface area contributed by atoms with Crippen molar-refractivity contribution in [2.45, 2.75) is 0 Å². The minimum absolute atomic E-state index is 0.169. The van der Waals surface area contributed by atoms with Crippen molar-refractivity contribution in [1.82, 2.24) is 10.9 Å². The third-order valence-electron chi connectivity index (χ3n) is 2.16. The zero-order chi connectivity index (χ0) is 13.4. The standard InChI is InChI=1S/C12H17N3O3/c1-17-10-4-5-11(18-2)9(7-10)3-6-12(16)15-14-8-13/h3-7,14H,8,13H2,1-2H3,(H,15,16). The molecule has 0 aliphatic carbocycles. The number of hydrogen-bond donors (Lipinski definition) is 3. The van der Waals surface area contributed by atoms with Gasteiger partial charge in [-0.05, 0) is 24.3 Å². The zero-order valence-electron chi connectivity index (χ0n) is 10.4. The van der Waals surface area contributed by atoms with E-state index in [1.165, 1.54) is 6.08 Å². The lowest BCUT2D eigenvalue weighted by Gasteiger charge is -2.07. The summed E-state index contributed by atoms with van der Waals surface area (Å²) < 4.78 is 10.3. The Labute approximate surface area is 106 Å². The molecule has 98 valence electrons. The third-order valence-corrected chi connectivity index (χ3v) is 2.16. The van der Waals surface area contributed by atoms with E-state index in [-0.39, 0.29) is 12.6 Å². The van der Waals surface area contributed by atoms with E-state index < -0.39 is 0 Å². The first-order chi connectivity index (χ1) is 8.71. The van der Waals surface area contributed by atoms with Gasteiger partial charge in [-0.3, -0.25) is 10.2 Å². The number of amides is 1. The maximum Gasteiger partial charge on any atom is 0.258 e. The molecule has 1 rings (SSSR count). The maximum atomic E-state index is 11.3. The van der Waals surface area contributed by atoms with E-state index in [1.807, 2.05) is 0 Å². The van der Waals surface area contributed by atoms with Crippen LogP contribution in [0.15, 0.2) is 24.3 Å². The van der Waals surface area contributed by atoms with Crippen molar-refractivity contribution in [2.75, 3.05) is 20.9 Å². The average molecular weight is 251 g/mol. The molecule has 0 aliphatic rings. The minimum Gasteiger partial charge on any atom is -0.497 e. The predicted molar refractivity (Wildman–Crippen MR) is 68.9 cm³/mol. The molecule has 18 heavy (non-hydrogen) atoms. The highest BCUT2D eigenvalue weighted by Crippen LogP contribution is 2.24. The van der Waals surface area contributed by atoms with Gasteiger partial charge < -0.3 is 15.2 Å². The minimum atomic E-state index is -0.301. The van der Waals surface area contributed by atoms with Gasteiger partial charge >= 0.3 is 0 Å². The molecule has 1 aromatic rings. The number of hydrazine groups is 1. The van der Waals surface area contributed by atoms with E-state index in [1.54, 1.807) is 38.5 Å². The number of ether oxygens (including phenoxy) is 2. The largest absolute Gasteiger partial charge is 0.497 e. The fourth-order valence-electron chi connectivity index (χ4n) is 1.31. The number of carbonyl (C=O) groups excluding carboxylic acids is 1. The van der Waals surface area contributed by atoms with Crippen molar-refractivity contribution in [3.05, 3.63) is 29.8 Å². The smallest absolute Gasteiger partial charge is 0.258 e. The van der Waals surface area contributed by atoms with Gasteiger partial charge in [-0.1, -0.05) is 0 Å². The van der Waals surface area contributed by atoms with Crippen molar-refractivity contribution in [3.63, 3.8) is 0 Å². The van der Waals surface area contributed by atoms with E-state index in [0.717, 1.165) is 5.56 Å². The molecule has 0 aliphatic heterocycles. The molecule has 0 radical (unpaired) electrons. The predicted octanol–water partition coefficient (Wildman–Crippen LogP) is 0.254. The van der Waals surface area contributed by atoms with Gasteiger partial charge in [0.25, 0.3) is 5.91 Å². The van der Waals surface area contributed by atoms with Crippen molar-refractivity contribution >= 4 is 12.0 Å². The number of nitrogens with one attached hydrogen (secondary N) is 2. The fraction of sp³-hybridized carbons (Fsp3) is 0.250. The second kappa shape index (κ2) is 7.31. The summed E-state index contributed by atoms with van der Waals surface area (Å²) in [5.41, 5.74) is 10.8. The zero-order valence-corrected chi connectivity index (χ0v) is 10.4. The average Bonchev–Trinajstić information content (AvgIpc) is 2.42. The Morgan fingerprint density at radius 3 is 2.78 bits per heavy atom. The summed E-state index contributed by atoms with van der Waals surface area (Å²) >= 11 is 0. The van der Waals surface area contributed by atoms with E-state index in [2.05, 4.69) is 10.9 Å². The number of methoxy groups -OCH3 is 2. The van der Waals surface area contributed by atoms with Crippen molar-refractivity contribution in [2.24, 2.45) is 5.73 Å². The van der Waals surface area contributed by atoms with E-state index >= 15 is 0 Å². The normalized spacial score (nSPS) is 10.4. The lowest BCUT2D eigenvalue weighted by Crippen LogP contribution is -2.39. The van der Waals surface area contributed by atoms with Gasteiger partial charge in [0.1, 0.15) is 11.5 Å². The van der Waals surface area contributed by atoms with Crippen molar-refractivity contribution < 1.29 is 14.3 Å². The van der Waals surface area contributed by atoms with Crippen LogP contribution in [0.1, 0.15) is 5.56 Å². The van der Waals surface area contributed by atoms with Gasteiger partial charge in [0.05, 0.1) is 20.9 Å². The maximum absolute atomic E-state index is 11.3. The third kappa shape index (κ3) is 4.08. The molecule has 0 saturated carbocycles. The first-order valence-corrected chi connectivity index (χ1v) is 5.34. The molecule has 0 bridgehead atoms. The SMILES string of the molecule is COc1ccc(OC)c(C=CC(=O)NNCN)c1. The highest BCUT2D eigenvalue weighted by molar-refractivity contribution is 5.91. The van der Waals surface area contributed by atoms with Crippen LogP contribution in [0.5, 0.6) is 11.5 Å². The first-order valence-electron chi connectivity index (χ1n) is 5.34. The van der Waals surface area contributed by atoms with Crippen LogP contribution in [0.4, 0.5) is 0 Å². The van der Waals surface area contributed by atoms with Gasteiger partial charge in [-0.2, -0.15) is 0 Å². The van der Waals surface area contributed by atoms with Gasteiger partial charge in [0.15, 0.2) is 0 Å². The Balaban J connectivity index is 2.81. The summed E-state index contributed by atoms with van der Waals surface area (Å²) in [5, 5.41) is 0. The Kier molecular flexibility index (Phi) is 5.69. The molecule has 1 amide bonds. The van der Waals surface area contributed by atoms with Gasteiger partial charge in [-0.15, -0.1) is 0 Å². The summed E-state index contributed by atoms with van der Waals surface area (Å²) in [7, 11) is 3.14. The van der Waals surface area contributed by atoms with Crippen LogP contribution in [0, 0.1) is 0 Å². The topological polar surface area (TPSA) is 85.6 Å². The number of carbonyl (C=O) groups is 1. The van der Waals surface area contributed by atoms with Crippen LogP contribution >= 0.6 is 0 Å². The summed E-state index contributed by atoms with van der Waals surface area (Å²) in [6, 6.07) is 5.33. The van der Waals surface area contributed by atoms with Crippen molar-refractivity contribution in [3.8, 4) is 11.5 Å². The summed E-state index contributed by atoms with van der Waals surface area (Å²) in [6.07, 6.45) is 3.01. The van der Waals surface area contributed by atoms with Crippen molar-refractivity contribution in [1.29, 1.82) is 0 Å². The Bertz CT molecular complexity index is 433. The lowest BCUT2D eigenvalue weighted by molar-refractivity contribution is -0.117. The van der Waals surface area contributed by atoms with Crippen LogP contribution in [-0.4, -0.2) is 26.8 Å². The number of nitrogens with two attached hydrogens (primary N) is 1. The molecule has 0 saturated heterocycles. The van der Waals surface area contributed by atoms with Gasteiger partial charge in [0.2, 0.25) is 0 Å². The first kappa shape index (κ1) is 14.0. The van der Waals surface area contributed by atoms with E-state index in [9.17, 15) is 4.79 Å². The van der Waals surface area contributed by atoms with E-state index in [4.69, 9.17) is 15.2 Å². The molecular weight excluding hydrogens is 234 g/mol. The number of rotatable bonds is 6. The molecular formula is C12H17N3O3. The Morgan fingerprint density at radius 2 is 2.17 bits per heavy atom. The van der Waals surface area contributed by atoms with Crippen LogP contribution in [0.25, 0.3) is 6.08 Å². The fourth-order valence-corrected chi connectivity index (χ4v) is 1.31. The molecule has 0 aromatic heterocycles. The summed E-state index contributed by atoms with van der Waals surface area (Å²) in [4.78, 5) is 11.3. The highest BCUT2D eigenvalue weighted by atomic mass is 16.5. The second-order valence-electron chi connectivity index (χ2n) is 3.31. The van der Waals surface area contributed by atoms with Crippen LogP contribution < -0.4 is 26.1 Å². The molecule has 0 unspecified atom stereocenters. The van der Waals surface area contributed by atoms with E-state index in [0.29, 0.717) is 11.5 Å². The van der Waals surface area contributed by atoms with Crippen LogP contribution in [0.3, 0.4) is 0 Å².